The highest BCUT2D eigenvalue weighted by atomic mass is 32.2. The molecule has 5 heterocycles. The first kappa shape index (κ1) is 41.9. The number of nitrogens with zero attached hydrogens (tertiary/aromatic N) is 5. The molecule has 2 atom stereocenters. The van der Waals surface area contributed by atoms with Crippen molar-refractivity contribution in [3.8, 4) is 22.6 Å². The molecule has 16 heteroatoms. The summed E-state index contributed by atoms with van der Waals surface area (Å²) in [6.45, 7) is 6.23. The minimum Gasteiger partial charge on any atom is -0.493 e. The third-order valence-electron chi connectivity index (χ3n) is 11.5. The molecule has 15 nitrogen and oxygen atoms in total. The molecule has 2 N–H and O–H groups in total. The van der Waals surface area contributed by atoms with Crippen LogP contribution in [0.15, 0.2) is 97.5 Å². The number of methoxy groups -OCH3 is 1. The second-order valence-corrected chi connectivity index (χ2v) is 17.6. The van der Waals surface area contributed by atoms with Crippen LogP contribution in [0.25, 0.3) is 22.0 Å². The van der Waals surface area contributed by atoms with Gasteiger partial charge in [-0.15, -0.1) is 0 Å². The molecule has 2 aliphatic heterocycles. The number of fused-ring (bicyclic) bond motifs is 3. The van der Waals surface area contributed by atoms with Gasteiger partial charge in [0.25, 0.3) is 21.9 Å². The number of hydrogen-bond acceptors (Lipinski definition) is 9. The molecule has 1 unspecified atom stereocenters. The number of imidazole rings is 1. The van der Waals surface area contributed by atoms with Crippen LogP contribution in [0.2, 0.25) is 0 Å². The van der Waals surface area contributed by atoms with Crippen LogP contribution < -0.4 is 14.8 Å². The van der Waals surface area contributed by atoms with Crippen molar-refractivity contribution in [2.45, 2.75) is 50.3 Å². The van der Waals surface area contributed by atoms with E-state index in [2.05, 4.69) is 22.9 Å². The SMILES string of the molecule is C=C1C[C@H]2C(S(=O)(=O)O)Cc3cc(OCCCC(=O)Nc4cn(C)c(C(=O)Cc5ccc(-c6cc(C(=O)n7ccc8cc(C)ccc87)n(C)c6)cc5)n4)c(OC)cc3C(=O)N2C1. The van der Waals surface area contributed by atoms with E-state index >= 15 is 0 Å². The fraction of sp³-hybridized carbons (Fsp3) is 0.283. The third-order valence-corrected chi connectivity index (χ3v) is 12.8. The molecular formula is C46H46N6O9S. The van der Waals surface area contributed by atoms with E-state index in [1.54, 1.807) is 34.6 Å². The summed E-state index contributed by atoms with van der Waals surface area (Å²) in [7, 11) is 0.436. The molecule has 3 aromatic carbocycles. The average molecular weight is 859 g/mol. The second-order valence-electron chi connectivity index (χ2n) is 16.0. The van der Waals surface area contributed by atoms with E-state index in [0.29, 0.717) is 16.8 Å². The second kappa shape index (κ2) is 16.6. The first-order valence-electron chi connectivity index (χ1n) is 20.1. The van der Waals surface area contributed by atoms with Gasteiger partial charge >= 0.3 is 0 Å². The Morgan fingerprint density at radius 1 is 0.952 bits per heavy atom. The molecule has 1 saturated heterocycles. The van der Waals surface area contributed by atoms with Crippen LogP contribution >= 0.6 is 0 Å². The van der Waals surface area contributed by atoms with Gasteiger partial charge < -0.3 is 28.8 Å². The maximum Gasteiger partial charge on any atom is 0.278 e. The topological polar surface area (TPSA) is 184 Å². The minimum absolute atomic E-state index is 0.0589. The number of nitrogens with one attached hydrogen (secondary N) is 1. The number of carbonyl (C=O) groups excluding carboxylic acids is 4. The summed E-state index contributed by atoms with van der Waals surface area (Å²) in [6.07, 6.45) is 5.86. The summed E-state index contributed by atoms with van der Waals surface area (Å²) in [4.78, 5) is 59.1. The molecule has 8 rings (SSSR count). The van der Waals surface area contributed by atoms with Gasteiger partial charge in [0, 0.05) is 68.6 Å². The molecule has 3 aromatic heterocycles. The molecule has 0 saturated carbocycles. The Labute approximate surface area is 358 Å². The van der Waals surface area contributed by atoms with E-state index in [-0.39, 0.29) is 97.5 Å². The molecule has 0 spiro atoms. The predicted molar refractivity (Wildman–Crippen MR) is 232 cm³/mol. The molecule has 0 aliphatic carbocycles. The standard InChI is InChI=1S/C46H46N6O9S/c1-27-8-13-35-31(17-27)14-15-51(35)46(56)37-20-33(25-49(37)3)30-11-9-29(10-12-30)19-38(53)44-48-42(26-50(44)4)47-43(54)7-6-16-61-40-21-32-22-41(62(57,58)59)36-18-28(2)24-52(36)45(55)34(32)23-39(40)60-5/h8-15,17,20-21,23,25-26,36,41H,2,6-7,16,18-19,22,24H2,1,3-5H3,(H,47,54)(H,57,58,59)/t36-,41?/m0/s1. The lowest BCUT2D eigenvalue weighted by Crippen LogP contribution is -2.44. The van der Waals surface area contributed by atoms with Crippen molar-refractivity contribution in [1.29, 1.82) is 0 Å². The first-order valence-corrected chi connectivity index (χ1v) is 21.6. The lowest BCUT2D eigenvalue weighted by molar-refractivity contribution is -0.116. The molecule has 6 aromatic rings. The lowest BCUT2D eigenvalue weighted by Gasteiger charge is -2.26. The molecule has 2 aliphatic rings. The van der Waals surface area contributed by atoms with Gasteiger partial charge in [-0.05, 0) is 79.3 Å². The van der Waals surface area contributed by atoms with Gasteiger partial charge in [-0.2, -0.15) is 8.42 Å². The van der Waals surface area contributed by atoms with Crippen molar-refractivity contribution in [3.05, 3.63) is 131 Å². The zero-order valence-electron chi connectivity index (χ0n) is 34.8. The Balaban J connectivity index is 0.851. The Morgan fingerprint density at radius 3 is 2.47 bits per heavy atom. The number of hydrogen-bond donors (Lipinski definition) is 2. The highest BCUT2D eigenvalue weighted by Gasteiger charge is 2.46. The van der Waals surface area contributed by atoms with Crippen LogP contribution in [0.3, 0.4) is 0 Å². The van der Waals surface area contributed by atoms with Crippen LogP contribution in [-0.4, -0.2) is 91.6 Å². The summed E-state index contributed by atoms with van der Waals surface area (Å²) < 4.78 is 51.5. The molecule has 320 valence electrons. The van der Waals surface area contributed by atoms with Crippen LogP contribution in [0.5, 0.6) is 11.5 Å². The molecule has 1 fully saturated rings. The fourth-order valence-corrected chi connectivity index (χ4v) is 9.45. The number of rotatable bonds is 13. The Morgan fingerprint density at radius 2 is 1.73 bits per heavy atom. The van der Waals surface area contributed by atoms with Crippen LogP contribution in [-0.2, 0) is 41.8 Å². The fourth-order valence-electron chi connectivity index (χ4n) is 8.42. The quantitative estimate of drug-likeness (QED) is 0.0588. The van der Waals surface area contributed by atoms with Crippen molar-refractivity contribution in [3.63, 3.8) is 0 Å². The summed E-state index contributed by atoms with van der Waals surface area (Å²) in [5.41, 5.74) is 6.42. The van der Waals surface area contributed by atoms with E-state index in [4.69, 9.17) is 9.47 Å². The monoisotopic (exact) mass is 858 g/mol. The van der Waals surface area contributed by atoms with Crippen LogP contribution in [0.1, 0.15) is 67.4 Å². The number of ketones is 1. The first-order chi connectivity index (χ1) is 29.6. The highest BCUT2D eigenvalue weighted by Crippen LogP contribution is 2.39. The van der Waals surface area contributed by atoms with Crippen LogP contribution in [0, 0.1) is 6.92 Å². The van der Waals surface area contributed by atoms with Gasteiger partial charge in [-0.25, -0.2) is 4.98 Å². The van der Waals surface area contributed by atoms with Crippen molar-refractivity contribution >= 4 is 50.3 Å². The van der Waals surface area contributed by atoms with E-state index in [0.717, 1.165) is 33.2 Å². The smallest absolute Gasteiger partial charge is 0.278 e. The molecule has 0 radical (unpaired) electrons. The number of anilines is 1. The Hall–Kier alpha value is -6.78. The lowest BCUT2D eigenvalue weighted by atomic mass is 9.99. The summed E-state index contributed by atoms with van der Waals surface area (Å²) in [5.74, 6) is -0.155. The van der Waals surface area contributed by atoms with E-state index in [1.165, 1.54) is 18.1 Å². The number of aromatic nitrogens is 4. The van der Waals surface area contributed by atoms with Crippen LogP contribution in [0.4, 0.5) is 5.82 Å². The van der Waals surface area contributed by atoms with E-state index < -0.39 is 21.4 Å². The maximum absolute atomic E-state index is 13.5. The maximum atomic E-state index is 13.5. The predicted octanol–water partition coefficient (Wildman–Crippen LogP) is 6.19. The number of ether oxygens (including phenoxy) is 2. The highest BCUT2D eigenvalue weighted by molar-refractivity contribution is 7.86. The Bertz CT molecular complexity index is 2910. The van der Waals surface area contributed by atoms with Gasteiger partial charge in [-0.1, -0.05) is 48.0 Å². The number of Topliss-reactive ketones (excluding diaryl/α,β-unsaturated/α-hetero) is 1. The Kier molecular flexibility index (Phi) is 11.2. The summed E-state index contributed by atoms with van der Waals surface area (Å²) >= 11 is 0. The molecule has 0 bridgehead atoms. The van der Waals surface area contributed by atoms with E-state index in [1.807, 2.05) is 73.3 Å². The largest absolute Gasteiger partial charge is 0.493 e. The minimum atomic E-state index is -4.51. The van der Waals surface area contributed by atoms with Crippen molar-refractivity contribution < 1.29 is 41.6 Å². The van der Waals surface area contributed by atoms with Gasteiger partial charge in [-0.3, -0.25) is 28.3 Å². The van der Waals surface area contributed by atoms with Crippen molar-refractivity contribution in [2.24, 2.45) is 14.1 Å². The summed E-state index contributed by atoms with van der Waals surface area (Å²) in [5, 5.41) is 2.51. The van der Waals surface area contributed by atoms with Gasteiger partial charge in [0.15, 0.2) is 23.1 Å². The number of amides is 2. The zero-order chi connectivity index (χ0) is 44.0. The number of benzene rings is 3. The van der Waals surface area contributed by atoms with Gasteiger partial charge in [0.2, 0.25) is 11.7 Å². The van der Waals surface area contributed by atoms with Crippen molar-refractivity contribution in [2.75, 3.05) is 25.6 Å². The summed E-state index contributed by atoms with van der Waals surface area (Å²) in [6, 6.07) is 19.7. The zero-order valence-corrected chi connectivity index (χ0v) is 35.6. The third kappa shape index (κ3) is 8.30. The molecule has 2 amide bonds. The van der Waals surface area contributed by atoms with E-state index in [9.17, 15) is 32.1 Å². The van der Waals surface area contributed by atoms with Gasteiger partial charge in [0.1, 0.15) is 10.9 Å². The molecule has 62 heavy (non-hydrogen) atoms. The average Bonchev–Trinajstić information content (AvgIpc) is 4.01. The van der Waals surface area contributed by atoms with Crippen molar-refractivity contribution in [1.82, 2.24) is 23.6 Å². The van der Waals surface area contributed by atoms with Gasteiger partial charge in [0.05, 0.1) is 25.3 Å². The number of aryl methyl sites for hydroxylation is 3. The molecular weight excluding hydrogens is 813 g/mol. The number of carbonyl (C=O) groups is 4. The normalized spacial score (nSPS) is 16.2.